The maximum Gasteiger partial charge on any atom is 0.269 e. The second-order valence-corrected chi connectivity index (χ2v) is 9.38. The average Bonchev–Trinajstić information content (AvgIpc) is 3.45. The molecule has 10 nitrogen and oxygen atoms in total. The fraction of sp³-hybridized carbons (Fsp3) is 0.542. The maximum absolute atomic E-state index is 13.1. The molecule has 1 aliphatic rings. The molecular formula is C24H31F2N7O3. The zero-order valence-electron chi connectivity index (χ0n) is 20.6. The van der Waals surface area contributed by atoms with Gasteiger partial charge in [-0.3, -0.25) is 14.3 Å². The minimum Gasteiger partial charge on any atom is -0.379 e. The topological polar surface area (TPSA) is 115 Å². The smallest absolute Gasteiger partial charge is 0.269 e. The van der Waals surface area contributed by atoms with E-state index < -0.39 is 12.0 Å². The van der Waals surface area contributed by atoms with E-state index in [-0.39, 0.29) is 56.2 Å². The summed E-state index contributed by atoms with van der Waals surface area (Å²) in [7, 11) is 0. The molecule has 3 aromatic rings. The molecule has 1 fully saturated rings. The van der Waals surface area contributed by atoms with E-state index in [0.29, 0.717) is 29.2 Å². The Labute approximate surface area is 207 Å². The number of carbonyl (C=O) groups is 2. The third kappa shape index (κ3) is 6.04. The molecule has 0 aliphatic heterocycles. The van der Waals surface area contributed by atoms with Crippen LogP contribution < -0.4 is 10.6 Å². The molecule has 3 heterocycles. The monoisotopic (exact) mass is 503 g/mol. The molecule has 1 atom stereocenters. The van der Waals surface area contributed by atoms with E-state index in [4.69, 9.17) is 4.74 Å². The summed E-state index contributed by atoms with van der Waals surface area (Å²) in [6.45, 7) is 6.62. The van der Waals surface area contributed by atoms with Crippen molar-refractivity contribution in [2.75, 3.05) is 13.2 Å². The number of fused-ring (bicyclic) bond motifs is 1. The number of carbonyl (C=O) groups excluding carboxylic acids is 2. The van der Waals surface area contributed by atoms with E-state index in [1.807, 2.05) is 20.8 Å². The van der Waals surface area contributed by atoms with Crippen molar-refractivity contribution >= 4 is 17.5 Å². The van der Waals surface area contributed by atoms with Gasteiger partial charge in [0.15, 0.2) is 5.65 Å². The van der Waals surface area contributed by atoms with E-state index in [1.165, 1.54) is 0 Å². The van der Waals surface area contributed by atoms with Gasteiger partial charge >= 0.3 is 0 Å². The Morgan fingerprint density at radius 3 is 2.75 bits per heavy atom. The zero-order chi connectivity index (χ0) is 25.9. The van der Waals surface area contributed by atoms with Crippen LogP contribution in [-0.4, -0.2) is 55.3 Å². The van der Waals surface area contributed by atoms with Crippen LogP contribution in [0.4, 0.5) is 8.78 Å². The molecule has 1 unspecified atom stereocenters. The summed E-state index contributed by atoms with van der Waals surface area (Å²) < 4.78 is 35.0. The Morgan fingerprint density at radius 1 is 1.28 bits per heavy atom. The van der Waals surface area contributed by atoms with Gasteiger partial charge in [0.2, 0.25) is 11.8 Å². The first-order chi connectivity index (χ1) is 17.1. The first-order valence-corrected chi connectivity index (χ1v) is 12.1. The number of amides is 2. The maximum atomic E-state index is 13.1. The van der Waals surface area contributed by atoms with Crippen molar-refractivity contribution in [1.82, 2.24) is 35.0 Å². The highest BCUT2D eigenvalue weighted by Gasteiger charge is 2.45. The van der Waals surface area contributed by atoms with Gasteiger partial charge in [0.05, 0.1) is 37.3 Å². The van der Waals surface area contributed by atoms with Crippen molar-refractivity contribution in [2.24, 2.45) is 5.92 Å². The molecule has 1 saturated carbocycles. The highest BCUT2D eigenvalue weighted by molar-refractivity contribution is 5.92. The van der Waals surface area contributed by atoms with Crippen LogP contribution in [0.5, 0.6) is 0 Å². The molecule has 36 heavy (non-hydrogen) atoms. The summed E-state index contributed by atoms with van der Waals surface area (Å²) in [5.74, 6) is -3.52. The van der Waals surface area contributed by atoms with Crippen LogP contribution in [0.25, 0.3) is 5.65 Å². The van der Waals surface area contributed by atoms with Crippen LogP contribution in [-0.2, 0) is 16.1 Å². The van der Waals surface area contributed by atoms with Crippen LogP contribution in [0.15, 0.2) is 30.7 Å². The Balaban J connectivity index is 1.41. The van der Waals surface area contributed by atoms with E-state index in [0.717, 1.165) is 0 Å². The predicted molar refractivity (Wildman–Crippen MR) is 126 cm³/mol. The molecule has 4 rings (SSSR count). The van der Waals surface area contributed by atoms with Crippen LogP contribution in [0, 0.1) is 5.92 Å². The number of alkyl halides is 2. The zero-order valence-corrected chi connectivity index (χ0v) is 20.6. The van der Waals surface area contributed by atoms with Crippen molar-refractivity contribution in [3.05, 3.63) is 47.7 Å². The lowest BCUT2D eigenvalue weighted by Crippen LogP contribution is -2.40. The molecule has 0 bridgehead atoms. The number of imidazole rings is 1. The molecule has 0 spiro atoms. The number of nitrogens with zero attached hydrogens (tertiary/aromatic N) is 5. The van der Waals surface area contributed by atoms with Crippen LogP contribution in [0.3, 0.4) is 0 Å². The van der Waals surface area contributed by atoms with Crippen LogP contribution in [0.2, 0.25) is 0 Å². The lowest BCUT2D eigenvalue weighted by Gasteiger charge is -2.34. The van der Waals surface area contributed by atoms with Gasteiger partial charge in [-0.05, 0) is 38.8 Å². The first kappa shape index (κ1) is 25.7. The lowest BCUT2D eigenvalue weighted by atomic mass is 9.79. The minimum absolute atomic E-state index is 0.0524. The summed E-state index contributed by atoms with van der Waals surface area (Å²) in [5.41, 5.74) is 2.30. The molecule has 0 saturated heterocycles. The molecule has 2 amide bonds. The minimum atomic E-state index is -2.65. The molecule has 0 radical (unpaired) electrons. The fourth-order valence-corrected chi connectivity index (χ4v) is 4.28. The van der Waals surface area contributed by atoms with Gasteiger partial charge in [-0.15, -0.1) is 0 Å². The molecule has 1 aliphatic carbocycles. The summed E-state index contributed by atoms with van der Waals surface area (Å²) in [5, 5.41) is 14.3. The Hall–Kier alpha value is -3.41. The summed E-state index contributed by atoms with van der Waals surface area (Å²) in [4.78, 5) is 29.6. The van der Waals surface area contributed by atoms with E-state index in [9.17, 15) is 18.4 Å². The molecule has 194 valence electrons. The second kappa shape index (κ2) is 10.7. The fourth-order valence-electron chi connectivity index (χ4n) is 4.28. The predicted octanol–water partition coefficient (Wildman–Crippen LogP) is 3.07. The highest BCUT2D eigenvalue weighted by atomic mass is 19.3. The summed E-state index contributed by atoms with van der Waals surface area (Å²) in [6, 6.07) is 3.01. The number of halogens is 2. The van der Waals surface area contributed by atoms with Gasteiger partial charge in [0.25, 0.3) is 5.91 Å². The molecule has 12 heteroatoms. The first-order valence-electron chi connectivity index (χ1n) is 12.1. The van der Waals surface area contributed by atoms with Gasteiger partial charge in [0, 0.05) is 43.7 Å². The van der Waals surface area contributed by atoms with Gasteiger partial charge in [0.1, 0.15) is 5.69 Å². The average molecular weight is 504 g/mol. The van der Waals surface area contributed by atoms with Gasteiger partial charge in [-0.2, -0.15) is 10.2 Å². The number of ether oxygens (including phenoxy) is 1. The number of nitrogens with one attached hydrogen (secondary N) is 2. The summed E-state index contributed by atoms with van der Waals surface area (Å²) >= 11 is 0. The van der Waals surface area contributed by atoms with Crippen LogP contribution >= 0.6 is 0 Å². The lowest BCUT2D eigenvalue weighted by molar-refractivity contribution is -0.134. The van der Waals surface area contributed by atoms with Crippen molar-refractivity contribution in [3.63, 3.8) is 0 Å². The Kier molecular flexibility index (Phi) is 7.62. The van der Waals surface area contributed by atoms with Gasteiger partial charge < -0.3 is 15.4 Å². The normalized spacial score (nSPS) is 16.2. The number of hydrogen-bond donors (Lipinski definition) is 2. The van der Waals surface area contributed by atoms with Crippen molar-refractivity contribution in [2.45, 2.75) is 64.6 Å². The molecule has 0 aromatic carbocycles. The molecule has 3 aromatic heterocycles. The quantitative estimate of drug-likeness (QED) is 0.416. The van der Waals surface area contributed by atoms with E-state index >= 15 is 0 Å². The van der Waals surface area contributed by atoms with Crippen LogP contribution in [0.1, 0.15) is 73.9 Å². The number of aromatic nitrogens is 5. The third-order valence-corrected chi connectivity index (χ3v) is 6.09. The molecule has 2 N–H and O–H groups in total. The SMILES string of the molecule is CCOCC(NC(=O)CC1CC(F)(F)C1)c1cnn2cc(CNC(=O)c3ccnn3C(C)C)nc2c1. The number of hydrogen-bond acceptors (Lipinski definition) is 6. The van der Waals surface area contributed by atoms with Crippen molar-refractivity contribution in [1.29, 1.82) is 0 Å². The Bertz CT molecular complexity index is 1220. The van der Waals surface area contributed by atoms with Crippen molar-refractivity contribution < 1.29 is 23.1 Å². The molecular weight excluding hydrogens is 472 g/mol. The standard InChI is InChI=1S/C24H31F2N7O3/c1-4-36-14-19(31-22(34)7-16-9-24(25,26)10-16)17-8-21-30-18(13-32(21)29-11-17)12-27-23(35)20-5-6-28-33(20)15(2)3/h5-6,8,11,13,15-16,19H,4,7,9-10,12,14H2,1-3H3,(H,27,35)(H,31,34). The number of rotatable bonds is 11. The van der Waals surface area contributed by atoms with Crippen molar-refractivity contribution in [3.8, 4) is 0 Å². The van der Waals surface area contributed by atoms with E-state index in [2.05, 4.69) is 25.8 Å². The summed E-state index contributed by atoms with van der Waals surface area (Å²) in [6.07, 6.45) is 4.46. The Morgan fingerprint density at radius 2 is 2.06 bits per heavy atom. The van der Waals surface area contributed by atoms with Gasteiger partial charge in [-0.25, -0.2) is 18.3 Å². The van der Waals surface area contributed by atoms with Gasteiger partial charge in [-0.1, -0.05) is 0 Å². The third-order valence-electron chi connectivity index (χ3n) is 6.09. The second-order valence-electron chi connectivity index (χ2n) is 9.38. The van der Waals surface area contributed by atoms with E-state index in [1.54, 1.807) is 39.9 Å². The highest BCUT2D eigenvalue weighted by Crippen LogP contribution is 2.44. The largest absolute Gasteiger partial charge is 0.379 e.